The zero-order valence-corrected chi connectivity index (χ0v) is 10.4. The summed E-state index contributed by atoms with van der Waals surface area (Å²) < 4.78 is 0. The third kappa shape index (κ3) is 1.67. The van der Waals surface area contributed by atoms with Gasteiger partial charge in [0.2, 0.25) is 0 Å². The van der Waals surface area contributed by atoms with E-state index in [1.54, 1.807) is 0 Å². The van der Waals surface area contributed by atoms with Gasteiger partial charge in [-0.15, -0.1) is 11.3 Å². The lowest BCUT2D eigenvalue weighted by Gasteiger charge is -2.21. The minimum atomic E-state index is 0.123. The quantitative estimate of drug-likeness (QED) is 0.752. The van der Waals surface area contributed by atoms with E-state index in [4.69, 9.17) is 0 Å². The Hall–Kier alpha value is -1.61. The van der Waals surface area contributed by atoms with E-state index < -0.39 is 0 Å². The number of hydrogen-bond donors (Lipinski definition) is 0. The third-order valence-electron chi connectivity index (χ3n) is 3.16. The van der Waals surface area contributed by atoms with Gasteiger partial charge in [-0.25, -0.2) is 0 Å². The predicted molar refractivity (Wildman–Crippen MR) is 70.7 cm³/mol. The lowest BCUT2D eigenvalue weighted by molar-refractivity contribution is 0.0985. The first-order valence-electron chi connectivity index (χ1n) is 5.72. The van der Waals surface area contributed by atoms with E-state index in [0.717, 1.165) is 17.0 Å². The van der Waals surface area contributed by atoms with E-state index in [0.29, 0.717) is 0 Å². The molecule has 17 heavy (non-hydrogen) atoms. The summed E-state index contributed by atoms with van der Waals surface area (Å²) >= 11 is 1.50. The van der Waals surface area contributed by atoms with Crippen LogP contribution in [0.3, 0.4) is 0 Å². The second-order valence-corrected chi connectivity index (χ2v) is 5.28. The minimum Gasteiger partial charge on any atom is -0.304 e. The van der Waals surface area contributed by atoms with Crippen molar-refractivity contribution in [1.29, 1.82) is 0 Å². The Labute approximate surface area is 105 Å². The van der Waals surface area contributed by atoms with Gasteiger partial charge in [0.1, 0.15) is 0 Å². The highest BCUT2D eigenvalue weighted by Crippen LogP contribution is 2.33. The van der Waals surface area contributed by atoms with Crippen LogP contribution in [0.2, 0.25) is 0 Å². The molecule has 86 valence electrons. The van der Waals surface area contributed by atoms with Crippen LogP contribution < -0.4 is 4.90 Å². The smallest absolute Gasteiger partial charge is 0.268 e. The Morgan fingerprint density at radius 3 is 2.88 bits per heavy atom. The van der Waals surface area contributed by atoms with Crippen molar-refractivity contribution in [2.45, 2.75) is 19.4 Å². The highest BCUT2D eigenvalue weighted by atomic mass is 32.1. The van der Waals surface area contributed by atoms with Gasteiger partial charge >= 0.3 is 0 Å². The summed E-state index contributed by atoms with van der Waals surface area (Å²) in [5.41, 5.74) is 2.34. The summed E-state index contributed by atoms with van der Waals surface area (Å²) in [5, 5.41) is 1.94. The fourth-order valence-corrected chi connectivity index (χ4v) is 3.05. The molecule has 0 saturated heterocycles. The Morgan fingerprint density at radius 1 is 1.29 bits per heavy atom. The zero-order valence-electron chi connectivity index (χ0n) is 9.59. The first-order chi connectivity index (χ1) is 8.27. The number of rotatable bonds is 1. The molecule has 2 aromatic rings. The molecular formula is C14H13NOS. The minimum absolute atomic E-state index is 0.123. The first kappa shape index (κ1) is 10.5. The van der Waals surface area contributed by atoms with E-state index in [1.807, 2.05) is 40.6 Å². The summed E-state index contributed by atoms with van der Waals surface area (Å²) in [5.74, 6) is 0.123. The van der Waals surface area contributed by atoms with Crippen LogP contribution in [0, 0.1) is 0 Å². The van der Waals surface area contributed by atoms with Gasteiger partial charge in [-0.3, -0.25) is 4.79 Å². The fraction of sp³-hybridized carbons (Fsp3) is 0.214. The molecule has 3 heteroatoms. The fourth-order valence-electron chi connectivity index (χ4n) is 2.39. The van der Waals surface area contributed by atoms with Gasteiger partial charge in [0.05, 0.1) is 4.88 Å². The van der Waals surface area contributed by atoms with Gasteiger partial charge in [0.15, 0.2) is 0 Å². The van der Waals surface area contributed by atoms with E-state index in [9.17, 15) is 4.79 Å². The normalized spacial score (nSPS) is 18.2. The van der Waals surface area contributed by atoms with Crippen molar-refractivity contribution in [2.24, 2.45) is 0 Å². The van der Waals surface area contributed by atoms with Crippen molar-refractivity contribution in [3.8, 4) is 0 Å². The lowest BCUT2D eigenvalue weighted by atomic mass is 10.1. The van der Waals surface area contributed by atoms with Gasteiger partial charge < -0.3 is 4.90 Å². The third-order valence-corrected chi connectivity index (χ3v) is 4.02. The number of benzene rings is 1. The number of carbonyl (C=O) groups is 1. The molecule has 2 nitrogen and oxygen atoms in total. The van der Waals surface area contributed by atoms with E-state index in [-0.39, 0.29) is 11.9 Å². The van der Waals surface area contributed by atoms with Gasteiger partial charge in [0.25, 0.3) is 5.91 Å². The van der Waals surface area contributed by atoms with Gasteiger partial charge in [0, 0.05) is 11.7 Å². The molecule has 0 unspecified atom stereocenters. The Balaban J connectivity index is 2.01. The largest absolute Gasteiger partial charge is 0.304 e. The van der Waals surface area contributed by atoms with E-state index in [2.05, 4.69) is 13.0 Å². The average molecular weight is 243 g/mol. The summed E-state index contributed by atoms with van der Waals surface area (Å²) in [4.78, 5) is 15.1. The Bertz CT molecular complexity index is 547. The standard InChI is InChI=1S/C14H13NOS/c1-10-9-11-5-2-3-6-12(11)15(10)14(16)13-7-4-8-17-13/h2-8,10H,9H2,1H3/t10-/m1/s1. The lowest BCUT2D eigenvalue weighted by Crippen LogP contribution is -2.35. The molecule has 0 fully saturated rings. The second-order valence-electron chi connectivity index (χ2n) is 4.33. The SMILES string of the molecule is C[C@@H]1Cc2ccccc2N1C(=O)c1cccs1. The molecule has 0 N–H and O–H groups in total. The molecule has 1 aromatic heterocycles. The zero-order chi connectivity index (χ0) is 11.8. The number of anilines is 1. The second kappa shape index (κ2) is 4.00. The highest BCUT2D eigenvalue weighted by molar-refractivity contribution is 7.12. The van der Waals surface area contributed by atoms with Crippen LogP contribution in [0.5, 0.6) is 0 Å². The summed E-state index contributed by atoms with van der Waals surface area (Å²) in [6, 6.07) is 12.2. The molecule has 0 saturated carbocycles. The molecule has 1 aromatic carbocycles. The van der Waals surface area contributed by atoms with Crippen molar-refractivity contribution >= 4 is 22.9 Å². The molecule has 0 radical (unpaired) electrons. The van der Waals surface area contributed by atoms with Crippen molar-refractivity contribution < 1.29 is 4.79 Å². The number of fused-ring (bicyclic) bond motifs is 1. The van der Waals surface area contributed by atoms with Crippen molar-refractivity contribution in [2.75, 3.05) is 4.90 Å². The molecule has 1 atom stereocenters. The van der Waals surface area contributed by atoms with Gasteiger partial charge in [-0.1, -0.05) is 24.3 Å². The number of hydrogen-bond acceptors (Lipinski definition) is 2. The van der Waals surface area contributed by atoms with Crippen molar-refractivity contribution in [1.82, 2.24) is 0 Å². The van der Waals surface area contributed by atoms with E-state index in [1.165, 1.54) is 16.9 Å². The topological polar surface area (TPSA) is 20.3 Å². The van der Waals surface area contributed by atoms with Crippen LogP contribution >= 0.6 is 11.3 Å². The molecule has 1 aliphatic heterocycles. The maximum atomic E-state index is 12.4. The predicted octanol–water partition coefficient (Wildman–Crippen LogP) is 3.34. The highest BCUT2D eigenvalue weighted by Gasteiger charge is 2.31. The van der Waals surface area contributed by atoms with Crippen LogP contribution in [0.15, 0.2) is 41.8 Å². The van der Waals surface area contributed by atoms with Gasteiger partial charge in [-0.2, -0.15) is 0 Å². The number of amides is 1. The first-order valence-corrected chi connectivity index (χ1v) is 6.60. The van der Waals surface area contributed by atoms with Crippen LogP contribution in [0.25, 0.3) is 0 Å². The molecule has 3 rings (SSSR count). The monoisotopic (exact) mass is 243 g/mol. The molecule has 1 amide bonds. The summed E-state index contributed by atoms with van der Waals surface area (Å²) in [6.45, 7) is 2.10. The number of thiophene rings is 1. The number of para-hydroxylation sites is 1. The molecule has 2 heterocycles. The average Bonchev–Trinajstić information content (AvgIpc) is 2.94. The Kier molecular flexibility index (Phi) is 2.48. The molecular weight excluding hydrogens is 230 g/mol. The van der Waals surface area contributed by atoms with Gasteiger partial charge in [-0.05, 0) is 36.4 Å². The van der Waals surface area contributed by atoms with E-state index >= 15 is 0 Å². The van der Waals surface area contributed by atoms with Crippen LogP contribution in [0.1, 0.15) is 22.2 Å². The number of carbonyl (C=O) groups excluding carboxylic acids is 1. The molecule has 0 bridgehead atoms. The molecule has 0 spiro atoms. The van der Waals surface area contributed by atoms with Crippen molar-refractivity contribution in [3.63, 3.8) is 0 Å². The maximum absolute atomic E-state index is 12.4. The molecule has 1 aliphatic rings. The Morgan fingerprint density at radius 2 is 2.12 bits per heavy atom. The van der Waals surface area contributed by atoms with Crippen LogP contribution in [-0.4, -0.2) is 11.9 Å². The maximum Gasteiger partial charge on any atom is 0.268 e. The summed E-state index contributed by atoms with van der Waals surface area (Å²) in [6.07, 6.45) is 0.952. The van der Waals surface area contributed by atoms with Crippen molar-refractivity contribution in [3.05, 3.63) is 52.2 Å². The van der Waals surface area contributed by atoms with Crippen LogP contribution in [-0.2, 0) is 6.42 Å². The van der Waals surface area contributed by atoms with Crippen LogP contribution in [0.4, 0.5) is 5.69 Å². The number of nitrogens with zero attached hydrogens (tertiary/aromatic N) is 1. The molecule has 0 aliphatic carbocycles. The summed E-state index contributed by atoms with van der Waals surface area (Å²) in [7, 11) is 0.